The summed E-state index contributed by atoms with van der Waals surface area (Å²) in [5.41, 5.74) is 0. The van der Waals surface area contributed by atoms with Gasteiger partial charge in [-0.2, -0.15) is 0 Å². The predicted octanol–water partition coefficient (Wildman–Crippen LogP) is 2.00. The predicted molar refractivity (Wildman–Crippen MR) is 68.7 cm³/mol. The molecule has 3 rings (SSSR count). The molecule has 0 aliphatic carbocycles. The van der Waals surface area contributed by atoms with E-state index in [1.165, 1.54) is 0 Å². The van der Waals surface area contributed by atoms with Crippen LogP contribution in [0.15, 0.2) is 16.5 Å². The Hall–Kier alpha value is -1.00. The highest BCUT2D eigenvalue weighted by atomic mass is 35.5. The summed E-state index contributed by atoms with van der Waals surface area (Å²) >= 11 is 5.73. The monoisotopic (exact) mass is 268 g/mol. The molecule has 4 nitrogen and oxygen atoms in total. The van der Waals surface area contributed by atoms with Crippen molar-refractivity contribution in [3.63, 3.8) is 0 Å². The Morgan fingerprint density at radius 2 is 2.39 bits per heavy atom. The Bertz CT molecular complexity index is 460. The van der Waals surface area contributed by atoms with Crippen molar-refractivity contribution in [1.82, 2.24) is 10.2 Å². The lowest BCUT2D eigenvalue weighted by Crippen LogP contribution is -2.39. The highest BCUT2D eigenvalue weighted by Gasteiger charge is 2.45. The summed E-state index contributed by atoms with van der Waals surface area (Å²) in [5.74, 6) is 1.50. The number of fused-ring (bicyclic) bond motifs is 1. The third-order valence-electron chi connectivity index (χ3n) is 4.18. The molecule has 98 valence electrons. The number of amides is 1. The van der Waals surface area contributed by atoms with E-state index in [1.54, 1.807) is 12.1 Å². The molecule has 0 spiro atoms. The first-order valence-corrected chi connectivity index (χ1v) is 6.85. The van der Waals surface area contributed by atoms with E-state index in [9.17, 15) is 4.79 Å². The van der Waals surface area contributed by atoms with Crippen LogP contribution < -0.4 is 5.32 Å². The van der Waals surface area contributed by atoms with Gasteiger partial charge in [0.05, 0.1) is 0 Å². The van der Waals surface area contributed by atoms with Crippen LogP contribution in [0.25, 0.3) is 0 Å². The molecule has 1 aromatic rings. The summed E-state index contributed by atoms with van der Waals surface area (Å²) in [5, 5.41) is 3.68. The van der Waals surface area contributed by atoms with Gasteiger partial charge < -0.3 is 14.6 Å². The first-order chi connectivity index (χ1) is 8.70. The Labute approximate surface area is 111 Å². The Morgan fingerprint density at radius 1 is 1.56 bits per heavy atom. The molecule has 2 fully saturated rings. The van der Waals surface area contributed by atoms with Gasteiger partial charge >= 0.3 is 0 Å². The average molecular weight is 269 g/mol. The minimum atomic E-state index is -0.0249. The number of carbonyl (C=O) groups excluding carboxylic acids is 1. The van der Waals surface area contributed by atoms with E-state index in [2.05, 4.69) is 12.2 Å². The van der Waals surface area contributed by atoms with Crippen LogP contribution in [-0.4, -0.2) is 36.5 Å². The van der Waals surface area contributed by atoms with Gasteiger partial charge in [0.15, 0.2) is 11.0 Å². The van der Waals surface area contributed by atoms with Crippen LogP contribution in [0.1, 0.15) is 23.9 Å². The first-order valence-electron chi connectivity index (χ1n) is 6.47. The van der Waals surface area contributed by atoms with Crippen LogP contribution in [0.5, 0.6) is 0 Å². The van der Waals surface area contributed by atoms with Gasteiger partial charge in [0.2, 0.25) is 0 Å². The van der Waals surface area contributed by atoms with Crippen LogP contribution in [-0.2, 0) is 0 Å². The molecule has 2 aliphatic heterocycles. The molecule has 3 unspecified atom stereocenters. The molecular weight excluding hydrogens is 252 g/mol. The normalized spacial score (nSPS) is 30.8. The fourth-order valence-electron chi connectivity index (χ4n) is 3.35. The number of halogens is 1. The number of likely N-dealkylation sites (tertiary alicyclic amines) is 1. The summed E-state index contributed by atoms with van der Waals surface area (Å²) in [6, 6.07) is 3.60. The van der Waals surface area contributed by atoms with Crippen molar-refractivity contribution in [3.8, 4) is 0 Å². The van der Waals surface area contributed by atoms with Crippen molar-refractivity contribution in [2.24, 2.45) is 11.8 Å². The molecule has 0 saturated carbocycles. The van der Waals surface area contributed by atoms with Crippen LogP contribution in [0.2, 0.25) is 5.22 Å². The minimum Gasteiger partial charge on any atom is -0.440 e. The van der Waals surface area contributed by atoms with Gasteiger partial charge in [-0.25, -0.2) is 0 Å². The van der Waals surface area contributed by atoms with Gasteiger partial charge in [-0.3, -0.25) is 4.79 Å². The van der Waals surface area contributed by atoms with Crippen LogP contribution >= 0.6 is 11.6 Å². The van der Waals surface area contributed by atoms with Gasteiger partial charge in [0.1, 0.15) is 0 Å². The van der Waals surface area contributed by atoms with Gasteiger partial charge in [-0.15, -0.1) is 0 Å². The maximum absolute atomic E-state index is 12.4. The van der Waals surface area contributed by atoms with Crippen LogP contribution in [0.4, 0.5) is 0 Å². The smallest absolute Gasteiger partial charge is 0.289 e. The molecule has 0 aromatic carbocycles. The van der Waals surface area contributed by atoms with Crippen LogP contribution in [0.3, 0.4) is 0 Å². The Morgan fingerprint density at radius 3 is 3.06 bits per heavy atom. The highest BCUT2D eigenvalue weighted by molar-refractivity contribution is 6.29. The van der Waals surface area contributed by atoms with Crippen molar-refractivity contribution in [1.29, 1.82) is 0 Å². The molecule has 1 amide bonds. The van der Waals surface area contributed by atoms with E-state index in [4.69, 9.17) is 16.0 Å². The molecule has 0 bridgehead atoms. The van der Waals surface area contributed by atoms with Gasteiger partial charge in [-0.05, 0) is 42.0 Å². The zero-order valence-electron chi connectivity index (χ0n) is 10.4. The zero-order chi connectivity index (χ0) is 12.7. The zero-order valence-corrected chi connectivity index (χ0v) is 11.1. The van der Waals surface area contributed by atoms with Gasteiger partial charge in [0.25, 0.3) is 5.91 Å². The van der Waals surface area contributed by atoms with Crippen molar-refractivity contribution < 1.29 is 9.21 Å². The first kappa shape index (κ1) is 12.1. The fraction of sp³-hybridized carbons (Fsp3) is 0.615. The molecular formula is C13H17ClN2O2. The topological polar surface area (TPSA) is 45.5 Å². The summed E-state index contributed by atoms with van der Waals surface area (Å²) in [6.45, 7) is 5.00. The second-order valence-electron chi connectivity index (χ2n) is 5.12. The number of nitrogens with zero attached hydrogens (tertiary/aromatic N) is 1. The number of hydrogen-bond donors (Lipinski definition) is 1. The summed E-state index contributed by atoms with van der Waals surface area (Å²) in [6.07, 6.45) is 0.989. The fourth-order valence-corrected chi connectivity index (χ4v) is 3.50. The molecule has 3 atom stereocenters. The number of carbonyl (C=O) groups is 1. The average Bonchev–Trinajstić information content (AvgIpc) is 3.01. The number of hydrogen-bond acceptors (Lipinski definition) is 3. The van der Waals surface area contributed by atoms with E-state index in [0.717, 1.165) is 26.1 Å². The Balaban J connectivity index is 1.81. The van der Waals surface area contributed by atoms with Crippen molar-refractivity contribution >= 4 is 17.5 Å². The summed E-state index contributed by atoms with van der Waals surface area (Å²) in [4.78, 5) is 14.4. The largest absolute Gasteiger partial charge is 0.440 e. The lowest BCUT2D eigenvalue weighted by Gasteiger charge is -2.26. The SMILES string of the molecule is CCC1C2CNCC2CN1C(=O)c1ccc(Cl)o1. The van der Waals surface area contributed by atoms with Crippen molar-refractivity contribution in [2.45, 2.75) is 19.4 Å². The van der Waals surface area contributed by atoms with Gasteiger partial charge in [0, 0.05) is 25.7 Å². The molecule has 1 N–H and O–H groups in total. The van der Waals surface area contributed by atoms with Crippen LogP contribution in [0, 0.1) is 11.8 Å². The maximum Gasteiger partial charge on any atom is 0.289 e. The third-order valence-corrected chi connectivity index (χ3v) is 4.38. The van der Waals surface area contributed by atoms with E-state index >= 15 is 0 Å². The Kier molecular flexibility index (Phi) is 3.08. The van der Waals surface area contributed by atoms with Gasteiger partial charge in [-0.1, -0.05) is 6.92 Å². The third kappa shape index (κ3) is 1.84. The number of rotatable bonds is 2. The molecule has 18 heavy (non-hydrogen) atoms. The van der Waals surface area contributed by atoms with Crippen molar-refractivity contribution in [2.75, 3.05) is 19.6 Å². The summed E-state index contributed by atoms with van der Waals surface area (Å²) < 4.78 is 5.23. The lowest BCUT2D eigenvalue weighted by molar-refractivity contribution is 0.0679. The number of furan rings is 1. The lowest BCUT2D eigenvalue weighted by atomic mass is 9.93. The summed E-state index contributed by atoms with van der Waals surface area (Å²) in [7, 11) is 0. The van der Waals surface area contributed by atoms with E-state index in [1.807, 2.05) is 4.90 Å². The minimum absolute atomic E-state index is 0.0249. The molecule has 0 radical (unpaired) electrons. The molecule has 5 heteroatoms. The quantitative estimate of drug-likeness (QED) is 0.892. The molecule has 3 heterocycles. The second kappa shape index (κ2) is 4.59. The second-order valence-corrected chi connectivity index (χ2v) is 5.49. The number of nitrogens with one attached hydrogen (secondary N) is 1. The maximum atomic E-state index is 12.4. The molecule has 2 aliphatic rings. The highest BCUT2D eigenvalue weighted by Crippen LogP contribution is 2.35. The molecule has 1 aromatic heterocycles. The molecule has 2 saturated heterocycles. The van der Waals surface area contributed by atoms with E-state index < -0.39 is 0 Å². The van der Waals surface area contributed by atoms with E-state index in [0.29, 0.717) is 23.6 Å². The van der Waals surface area contributed by atoms with E-state index in [-0.39, 0.29) is 11.1 Å². The van der Waals surface area contributed by atoms with Crippen molar-refractivity contribution in [3.05, 3.63) is 23.1 Å². The standard InChI is InChI=1S/C13H17ClN2O2/c1-2-10-9-6-15-5-8(9)7-16(10)13(17)11-3-4-12(14)18-11/h3-4,8-10,15H,2,5-7H2,1H3.